The van der Waals surface area contributed by atoms with Crippen molar-refractivity contribution < 1.29 is 4.79 Å². The first kappa shape index (κ1) is 21.3. The third-order valence-corrected chi connectivity index (χ3v) is 5.57. The maximum Gasteiger partial charge on any atom is 0.248 e. The zero-order chi connectivity index (χ0) is 23.5. The Morgan fingerprint density at radius 2 is 1.97 bits per heavy atom. The number of nitrogens with one attached hydrogen (secondary N) is 2. The molecule has 5 heterocycles. The zero-order valence-electron chi connectivity index (χ0n) is 18.7. The normalized spacial score (nSPS) is 11.0. The van der Waals surface area contributed by atoms with Gasteiger partial charge in [0.2, 0.25) is 5.91 Å². The molecular weight excluding hydrogens is 426 g/mol. The van der Waals surface area contributed by atoms with Crippen LogP contribution in [0, 0.1) is 0 Å². The van der Waals surface area contributed by atoms with Crippen LogP contribution in [0.25, 0.3) is 33.4 Å². The largest absolute Gasteiger partial charge is 0.346 e. The van der Waals surface area contributed by atoms with Gasteiger partial charge in [0.15, 0.2) is 0 Å². The van der Waals surface area contributed by atoms with E-state index in [4.69, 9.17) is 5.10 Å². The average Bonchev–Trinajstić information content (AvgIpc) is 3.48. The summed E-state index contributed by atoms with van der Waals surface area (Å²) < 4.78 is 1.72. The van der Waals surface area contributed by atoms with Crippen molar-refractivity contribution in [2.45, 2.75) is 19.9 Å². The number of amides is 1. The maximum atomic E-state index is 12.0. The van der Waals surface area contributed by atoms with E-state index in [9.17, 15) is 4.79 Å². The highest BCUT2D eigenvalue weighted by Crippen LogP contribution is 2.31. The molecule has 5 aromatic rings. The third-order valence-electron chi connectivity index (χ3n) is 5.57. The van der Waals surface area contributed by atoms with Crippen molar-refractivity contribution in [2.75, 3.05) is 5.32 Å². The van der Waals surface area contributed by atoms with Crippen LogP contribution in [0.3, 0.4) is 0 Å². The Morgan fingerprint density at radius 1 is 1.09 bits per heavy atom. The van der Waals surface area contributed by atoms with Gasteiger partial charge in [-0.1, -0.05) is 19.6 Å². The predicted octanol–water partition coefficient (Wildman–Crippen LogP) is 4.62. The van der Waals surface area contributed by atoms with Crippen molar-refractivity contribution in [3.05, 3.63) is 91.3 Å². The van der Waals surface area contributed by atoms with Gasteiger partial charge in [-0.2, -0.15) is 5.10 Å². The molecule has 1 amide bonds. The Labute approximate surface area is 196 Å². The first-order valence-electron chi connectivity index (χ1n) is 11.0. The van der Waals surface area contributed by atoms with Crippen molar-refractivity contribution in [3.63, 3.8) is 0 Å². The highest BCUT2D eigenvalue weighted by atomic mass is 16.1. The van der Waals surface area contributed by atoms with Crippen LogP contribution in [-0.4, -0.2) is 35.6 Å². The van der Waals surface area contributed by atoms with Crippen molar-refractivity contribution in [2.24, 2.45) is 0 Å². The van der Waals surface area contributed by atoms with Crippen LogP contribution in [0.5, 0.6) is 0 Å². The third kappa shape index (κ3) is 4.21. The molecule has 0 aliphatic heterocycles. The standard InChI is InChI=1S/C26H23N7O/c1-3-19-11-17(8-10-28-19)22-15-30-26-21(22)12-18(14-29-26)23-13-24(31-25(34)4-2)33(32-23)16-20-7-5-6-9-27-20/h4-15H,2-3,16H2,1H3,(H,29,30)(H,31,34). The first-order chi connectivity index (χ1) is 16.6. The van der Waals surface area contributed by atoms with E-state index in [2.05, 4.69) is 50.9 Å². The van der Waals surface area contributed by atoms with Gasteiger partial charge in [0.25, 0.3) is 0 Å². The molecule has 8 nitrogen and oxygen atoms in total. The number of carbonyl (C=O) groups excluding carboxylic acids is 1. The molecular formula is C26H23N7O. The summed E-state index contributed by atoms with van der Waals surface area (Å²) in [5.41, 5.74) is 6.32. The minimum absolute atomic E-state index is 0.306. The number of rotatable bonds is 7. The predicted molar refractivity (Wildman–Crippen MR) is 132 cm³/mol. The van der Waals surface area contributed by atoms with Crippen LogP contribution in [0.1, 0.15) is 18.3 Å². The van der Waals surface area contributed by atoms with Gasteiger partial charge in [0.05, 0.1) is 17.9 Å². The van der Waals surface area contributed by atoms with Crippen LogP contribution in [0.15, 0.2) is 79.9 Å². The van der Waals surface area contributed by atoms with Gasteiger partial charge in [-0.05, 0) is 48.4 Å². The monoisotopic (exact) mass is 449 g/mol. The molecule has 34 heavy (non-hydrogen) atoms. The molecule has 0 atom stereocenters. The number of aromatic nitrogens is 6. The highest BCUT2D eigenvalue weighted by molar-refractivity contribution is 5.99. The van der Waals surface area contributed by atoms with E-state index in [1.807, 2.05) is 42.7 Å². The van der Waals surface area contributed by atoms with Gasteiger partial charge in [-0.15, -0.1) is 0 Å². The molecule has 0 aliphatic carbocycles. The van der Waals surface area contributed by atoms with E-state index in [1.165, 1.54) is 6.08 Å². The van der Waals surface area contributed by atoms with Gasteiger partial charge in [0.1, 0.15) is 11.5 Å². The summed E-state index contributed by atoms with van der Waals surface area (Å²) in [7, 11) is 0. The number of fused-ring (bicyclic) bond motifs is 1. The molecule has 0 bridgehead atoms. The van der Waals surface area contributed by atoms with Crippen molar-refractivity contribution in [1.29, 1.82) is 0 Å². The lowest BCUT2D eigenvalue weighted by Crippen LogP contribution is -2.13. The summed E-state index contributed by atoms with van der Waals surface area (Å²) in [5.74, 6) is 0.251. The van der Waals surface area contributed by atoms with E-state index < -0.39 is 0 Å². The van der Waals surface area contributed by atoms with E-state index in [0.717, 1.165) is 45.5 Å². The number of hydrogen-bond donors (Lipinski definition) is 2. The fourth-order valence-corrected chi connectivity index (χ4v) is 3.82. The summed E-state index contributed by atoms with van der Waals surface area (Å²) in [6.07, 6.45) is 9.41. The van der Waals surface area contributed by atoms with Crippen molar-refractivity contribution in [3.8, 4) is 22.4 Å². The Bertz CT molecular complexity index is 1480. The zero-order valence-corrected chi connectivity index (χ0v) is 18.7. The van der Waals surface area contributed by atoms with Crippen LogP contribution < -0.4 is 5.32 Å². The lowest BCUT2D eigenvalue weighted by Gasteiger charge is -2.07. The van der Waals surface area contributed by atoms with Crippen LogP contribution in [-0.2, 0) is 17.8 Å². The van der Waals surface area contributed by atoms with Gasteiger partial charge >= 0.3 is 0 Å². The number of hydrogen-bond acceptors (Lipinski definition) is 5. The molecule has 0 aromatic carbocycles. The van der Waals surface area contributed by atoms with Crippen LogP contribution in [0.2, 0.25) is 0 Å². The second kappa shape index (κ2) is 9.11. The van der Waals surface area contributed by atoms with E-state index in [0.29, 0.717) is 18.1 Å². The topological polar surface area (TPSA) is 101 Å². The minimum Gasteiger partial charge on any atom is -0.346 e. The van der Waals surface area contributed by atoms with Gasteiger partial charge in [0, 0.05) is 53.1 Å². The second-order valence-corrected chi connectivity index (χ2v) is 7.80. The smallest absolute Gasteiger partial charge is 0.248 e. The molecule has 5 aromatic heterocycles. The Hall–Kier alpha value is -4.59. The van der Waals surface area contributed by atoms with Gasteiger partial charge < -0.3 is 10.3 Å². The fraction of sp³-hybridized carbons (Fsp3) is 0.115. The van der Waals surface area contributed by atoms with E-state index >= 15 is 0 Å². The minimum atomic E-state index is -0.306. The van der Waals surface area contributed by atoms with E-state index in [1.54, 1.807) is 17.1 Å². The molecule has 0 unspecified atom stereocenters. The van der Waals surface area contributed by atoms with Crippen LogP contribution in [0.4, 0.5) is 5.82 Å². The quantitative estimate of drug-likeness (QED) is 0.353. The van der Waals surface area contributed by atoms with Gasteiger partial charge in [-0.25, -0.2) is 9.67 Å². The first-order valence-corrected chi connectivity index (χ1v) is 11.0. The highest BCUT2D eigenvalue weighted by Gasteiger charge is 2.15. The lowest BCUT2D eigenvalue weighted by atomic mass is 10.0. The molecule has 0 saturated heterocycles. The number of pyridine rings is 3. The van der Waals surface area contributed by atoms with Crippen LogP contribution >= 0.6 is 0 Å². The van der Waals surface area contributed by atoms with Gasteiger partial charge in [-0.3, -0.25) is 14.8 Å². The van der Waals surface area contributed by atoms with E-state index in [-0.39, 0.29) is 5.91 Å². The SMILES string of the molecule is C=CC(=O)Nc1cc(-c2cnc3[nH]cc(-c4ccnc(CC)c4)c3c2)nn1Cc1ccccn1. The number of anilines is 1. The summed E-state index contributed by atoms with van der Waals surface area (Å²) in [6.45, 7) is 6.04. The fourth-order valence-electron chi connectivity index (χ4n) is 3.82. The Kier molecular flexibility index (Phi) is 5.70. The molecule has 0 radical (unpaired) electrons. The molecule has 2 N–H and O–H groups in total. The molecule has 5 rings (SSSR count). The van der Waals surface area contributed by atoms with Crippen molar-refractivity contribution in [1.82, 2.24) is 29.7 Å². The average molecular weight is 450 g/mol. The lowest BCUT2D eigenvalue weighted by molar-refractivity contribution is -0.111. The number of nitrogens with zero attached hydrogens (tertiary/aromatic N) is 5. The molecule has 0 aliphatic rings. The number of aryl methyl sites for hydroxylation is 1. The second-order valence-electron chi connectivity index (χ2n) is 7.80. The Balaban J connectivity index is 1.56. The number of aromatic amines is 1. The summed E-state index contributed by atoms with van der Waals surface area (Å²) >= 11 is 0. The summed E-state index contributed by atoms with van der Waals surface area (Å²) in [6, 6.07) is 13.7. The molecule has 168 valence electrons. The molecule has 0 fully saturated rings. The number of carbonyl (C=O) groups is 1. The Morgan fingerprint density at radius 3 is 2.76 bits per heavy atom. The molecule has 0 spiro atoms. The summed E-state index contributed by atoms with van der Waals surface area (Å²) in [4.78, 5) is 28.7. The molecule has 8 heteroatoms. The van der Waals surface area contributed by atoms with Crippen molar-refractivity contribution >= 4 is 22.8 Å². The molecule has 0 saturated carbocycles. The maximum absolute atomic E-state index is 12.0. The number of H-pyrrole nitrogens is 1. The summed E-state index contributed by atoms with van der Waals surface area (Å²) in [5, 5.41) is 8.57.